The number of nitrogens with zero attached hydrogens (tertiary/aromatic N) is 1. The van der Waals surface area contributed by atoms with Crippen molar-refractivity contribution in [2.24, 2.45) is 0 Å². The standard InChI is InChI=1S/C13H31BN2/c1-8-9-14(10-13(6)15-7)16(11(2)3)12(4)5/h11-13,15H,8-10H2,1-7H3. The molecule has 0 fully saturated rings. The van der Waals surface area contributed by atoms with E-state index < -0.39 is 0 Å². The molecular formula is C13H31BN2. The second kappa shape index (κ2) is 8.13. The first-order valence-electron chi connectivity index (χ1n) is 6.88. The Morgan fingerprint density at radius 1 is 1.06 bits per heavy atom. The van der Waals surface area contributed by atoms with E-state index >= 15 is 0 Å². The molecule has 3 heteroatoms. The third-order valence-electron chi connectivity index (χ3n) is 3.35. The molecule has 0 aliphatic rings. The molecule has 0 aliphatic heterocycles. The predicted molar refractivity (Wildman–Crippen MR) is 76.3 cm³/mol. The third-order valence-corrected chi connectivity index (χ3v) is 3.35. The number of rotatable bonds is 8. The minimum atomic E-state index is 0.608. The number of nitrogens with one attached hydrogen (secondary N) is 1. The molecule has 0 spiro atoms. The fraction of sp³-hybridized carbons (Fsp3) is 1.00. The minimum Gasteiger partial charge on any atom is -0.337 e. The molecule has 1 N–H and O–H groups in total. The van der Waals surface area contributed by atoms with Crippen LogP contribution in [0.25, 0.3) is 0 Å². The monoisotopic (exact) mass is 226 g/mol. The van der Waals surface area contributed by atoms with Crippen LogP contribution in [0.4, 0.5) is 0 Å². The first kappa shape index (κ1) is 16.0. The molecule has 96 valence electrons. The average molecular weight is 226 g/mol. The Hall–Kier alpha value is -0.0151. The average Bonchev–Trinajstić information content (AvgIpc) is 2.16. The Bertz CT molecular complexity index is 163. The lowest BCUT2D eigenvalue weighted by atomic mass is 9.51. The van der Waals surface area contributed by atoms with Crippen LogP contribution in [0.2, 0.25) is 12.6 Å². The minimum absolute atomic E-state index is 0.608. The lowest BCUT2D eigenvalue weighted by Gasteiger charge is -2.37. The highest BCUT2D eigenvalue weighted by atomic mass is 15.1. The van der Waals surface area contributed by atoms with Crippen LogP contribution in [-0.2, 0) is 0 Å². The normalized spacial score (nSPS) is 13.9. The summed E-state index contributed by atoms with van der Waals surface area (Å²) in [5.41, 5.74) is 0. The van der Waals surface area contributed by atoms with Gasteiger partial charge >= 0.3 is 0 Å². The molecule has 16 heavy (non-hydrogen) atoms. The fourth-order valence-electron chi connectivity index (χ4n) is 2.69. The van der Waals surface area contributed by atoms with E-state index in [9.17, 15) is 0 Å². The number of hydrogen-bond acceptors (Lipinski definition) is 2. The second-order valence-corrected chi connectivity index (χ2v) is 5.50. The predicted octanol–water partition coefficient (Wildman–Crippen LogP) is 3.11. The zero-order chi connectivity index (χ0) is 12.7. The summed E-state index contributed by atoms with van der Waals surface area (Å²) < 4.78 is 0. The molecule has 0 heterocycles. The maximum Gasteiger partial charge on any atom is 0.225 e. The van der Waals surface area contributed by atoms with Gasteiger partial charge in [0, 0.05) is 0 Å². The van der Waals surface area contributed by atoms with Crippen molar-refractivity contribution in [2.75, 3.05) is 7.05 Å². The molecule has 0 aromatic heterocycles. The Labute approximate surface area is 103 Å². The van der Waals surface area contributed by atoms with Gasteiger partial charge in [-0.1, -0.05) is 54.3 Å². The highest BCUT2D eigenvalue weighted by Crippen LogP contribution is 2.17. The molecule has 0 radical (unpaired) electrons. The Balaban J connectivity index is 4.57. The van der Waals surface area contributed by atoms with Crippen LogP contribution in [0.15, 0.2) is 0 Å². The maximum atomic E-state index is 3.36. The second-order valence-electron chi connectivity index (χ2n) is 5.50. The summed E-state index contributed by atoms with van der Waals surface area (Å²) in [5.74, 6) is 0. The van der Waals surface area contributed by atoms with Gasteiger partial charge in [-0.3, -0.25) is 0 Å². The van der Waals surface area contributed by atoms with Gasteiger partial charge in [0.1, 0.15) is 0 Å². The molecule has 0 bridgehead atoms. The topological polar surface area (TPSA) is 15.3 Å². The van der Waals surface area contributed by atoms with Crippen molar-refractivity contribution in [3.63, 3.8) is 0 Å². The summed E-state index contributed by atoms with van der Waals surface area (Å²) in [7, 11) is 2.06. The summed E-state index contributed by atoms with van der Waals surface area (Å²) in [5, 5.41) is 3.36. The van der Waals surface area contributed by atoms with Crippen molar-refractivity contribution in [1.82, 2.24) is 10.1 Å². The molecule has 1 atom stereocenters. The first-order chi connectivity index (χ1) is 7.43. The van der Waals surface area contributed by atoms with Crippen molar-refractivity contribution in [3.05, 3.63) is 0 Å². The van der Waals surface area contributed by atoms with Gasteiger partial charge in [0.05, 0.1) is 0 Å². The fourth-order valence-corrected chi connectivity index (χ4v) is 2.69. The summed E-state index contributed by atoms with van der Waals surface area (Å²) in [6, 6.07) is 1.89. The Morgan fingerprint density at radius 2 is 1.56 bits per heavy atom. The van der Waals surface area contributed by atoms with E-state index in [1.807, 2.05) is 0 Å². The molecule has 0 saturated carbocycles. The van der Waals surface area contributed by atoms with Gasteiger partial charge in [0.2, 0.25) is 6.85 Å². The molecule has 0 saturated heterocycles. The molecule has 0 aromatic carbocycles. The quantitative estimate of drug-likeness (QED) is 0.640. The van der Waals surface area contributed by atoms with Crippen molar-refractivity contribution in [1.29, 1.82) is 0 Å². The summed E-state index contributed by atoms with van der Waals surface area (Å²) in [4.78, 5) is 2.66. The molecule has 0 amide bonds. The largest absolute Gasteiger partial charge is 0.337 e. The third kappa shape index (κ3) is 5.35. The highest BCUT2D eigenvalue weighted by Gasteiger charge is 2.27. The van der Waals surface area contributed by atoms with Crippen LogP contribution >= 0.6 is 0 Å². The van der Waals surface area contributed by atoms with Crippen molar-refractivity contribution >= 4 is 6.85 Å². The van der Waals surface area contributed by atoms with E-state index in [0.29, 0.717) is 25.0 Å². The van der Waals surface area contributed by atoms with E-state index in [4.69, 9.17) is 0 Å². The zero-order valence-corrected chi connectivity index (χ0v) is 12.4. The SMILES string of the molecule is CCCB(CC(C)NC)N(C(C)C)C(C)C. The first-order valence-corrected chi connectivity index (χ1v) is 6.88. The molecule has 0 rings (SSSR count). The van der Waals surface area contributed by atoms with Gasteiger partial charge < -0.3 is 10.1 Å². The Morgan fingerprint density at radius 3 is 1.88 bits per heavy atom. The van der Waals surface area contributed by atoms with Crippen LogP contribution in [-0.4, -0.2) is 36.8 Å². The van der Waals surface area contributed by atoms with Crippen molar-refractivity contribution in [2.45, 2.75) is 78.7 Å². The highest BCUT2D eigenvalue weighted by molar-refractivity contribution is 6.56. The van der Waals surface area contributed by atoms with Crippen LogP contribution in [0.1, 0.15) is 48.0 Å². The van der Waals surface area contributed by atoms with Gasteiger partial charge in [-0.2, -0.15) is 0 Å². The van der Waals surface area contributed by atoms with Crippen molar-refractivity contribution < 1.29 is 0 Å². The number of hydrogen-bond donors (Lipinski definition) is 1. The molecule has 0 aliphatic carbocycles. The van der Waals surface area contributed by atoms with Gasteiger partial charge in [0.25, 0.3) is 0 Å². The van der Waals surface area contributed by atoms with Gasteiger partial charge in [-0.25, -0.2) is 0 Å². The summed E-state index contributed by atoms with van der Waals surface area (Å²) in [6.07, 6.45) is 3.83. The summed E-state index contributed by atoms with van der Waals surface area (Å²) in [6.45, 7) is 14.5. The molecule has 1 unspecified atom stereocenters. The lowest BCUT2D eigenvalue weighted by molar-refractivity contribution is 0.298. The van der Waals surface area contributed by atoms with Gasteiger partial charge in [0.15, 0.2) is 0 Å². The van der Waals surface area contributed by atoms with Gasteiger partial charge in [-0.15, -0.1) is 0 Å². The molecule has 2 nitrogen and oxygen atoms in total. The van der Waals surface area contributed by atoms with E-state index in [-0.39, 0.29) is 0 Å². The zero-order valence-electron chi connectivity index (χ0n) is 12.4. The van der Waals surface area contributed by atoms with Crippen LogP contribution in [0.3, 0.4) is 0 Å². The van der Waals surface area contributed by atoms with Crippen LogP contribution < -0.4 is 5.32 Å². The smallest absolute Gasteiger partial charge is 0.225 e. The van der Waals surface area contributed by atoms with Gasteiger partial charge in [-0.05, 0) is 31.5 Å². The van der Waals surface area contributed by atoms with E-state index in [0.717, 1.165) is 0 Å². The van der Waals surface area contributed by atoms with Crippen molar-refractivity contribution in [3.8, 4) is 0 Å². The van der Waals surface area contributed by atoms with E-state index in [1.54, 1.807) is 0 Å². The van der Waals surface area contributed by atoms with E-state index in [2.05, 4.69) is 58.7 Å². The van der Waals surface area contributed by atoms with Crippen LogP contribution in [0.5, 0.6) is 0 Å². The maximum absolute atomic E-state index is 3.36. The van der Waals surface area contributed by atoms with Crippen LogP contribution in [0, 0.1) is 0 Å². The Kier molecular flexibility index (Phi) is 8.12. The molecular weight excluding hydrogens is 195 g/mol. The lowest BCUT2D eigenvalue weighted by Crippen LogP contribution is -2.50. The summed E-state index contributed by atoms with van der Waals surface area (Å²) >= 11 is 0. The molecule has 0 aromatic rings. The van der Waals surface area contributed by atoms with E-state index in [1.165, 1.54) is 19.1 Å².